The van der Waals surface area contributed by atoms with Crippen molar-refractivity contribution in [1.82, 2.24) is 4.98 Å². The molecule has 0 radical (unpaired) electrons. The minimum absolute atomic E-state index is 0.0937. The maximum absolute atomic E-state index is 10.7. The average Bonchev–Trinajstić information content (AvgIpc) is 2.26. The van der Waals surface area contributed by atoms with Crippen molar-refractivity contribution in [3.8, 4) is 5.88 Å². The third-order valence-corrected chi connectivity index (χ3v) is 2.57. The van der Waals surface area contributed by atoms with Crippen LogP contribution in [0.5, 0.6) is 5.88 Å². The number of nitrogens with two attached hydrogens (primary N) is 1. The number of rotatable bonds is 4. The summed E-state index contributed by atoms with van der Waals surface area (Å²) in [6, 6.07) is 3.45. The molecule has 0 spiro atoms. The van der Waals surface area contributed by atoms with E-state index >= 15 is 0 Å². The van der Waals surface area contributed by atoms with Crippen LogP contribution in [0, 0.1) is 0 Å². The van der Waals surface area contributed by atoms with Gasteiger partial charge in [0.25, 0.3) is 0 Å². The van der Waals surface area contributed by atoms with Crippen LogP contribution in [0.2, 0.25) is 0 Å². The van der Waals surface area contributed by atoms with Crippen molar-refractivity contribution in [3.05, 3.63) is 23.9 Å². The largest absolute Gasteiger partial charge is 0.481 e. The van der Waals surface area contributed by atoms with E-state index in [0.717, 1.165) is 0 Å². The Kier molecular flexibility index (Phi) is 4.85. The van der Waals surface area contributed by atoms with Crippen molar-refractivity contribution >= 4 is 28.6 Å². The zero-order valence-corrected chi connectivity index (χ0v) is 10.1. The van der Waals surface area contributed by atoms with Crippen LogP contribution < -0.4 is 10.5 Å². The number of anilines is 1. The zero-order valence-electron chi connectivity index (χ0n) is 9.27. The highest BCUT2D eigenvalue weighted by atomic mass is 32.2. The molecule has 0 aliphatic carbocycles. The van der Waals surface area contributed by atoms with Crippen LogP contribution in [-0.4, -0.2) is 23.0 Å². The number of hydrogen-bond acceptors (Lipinski definition) is 5. The third kappa shape index (κ3) is 3.94. The molecule has 0 atom stereocenters. The van der Waals surface area contributed by atoms with Gasteiger partial charge < -0.3 is 10.5 Å². The quantitative estimate of drug-likeness (QED) is 0.868. The Morgan fingerprint density at radius 2 is 2.38 bits per heavy atom. The molecule has 0 amide bonds. The van der Waals surface area contributed by atoms with Gasteiger partial charge in [0.2, 0.25) is 5.88 Å². The lowest BCUT2D eigenvalue weighted by Gasteiger charge is -2.02. The standard InChI is InChI=1S/C11H14N2O2S/c1-8(14)16-7-3-4-10-9(12)5-6-11(13-10)15-2/h3-6H,7,12H2,1-2H3. The summed E-state index contributed by atoms with van der Waals surface area (Å²) >= 11 is 1.24. The Hall–Kier alpha value is -1.49. The number of thioether (sulfide) groups is 1. The minimum atomic E-state index is 0.0937. The highest BCUT2D eigenvalue weighted by Gasteiger charge is 1.99. The molecular formula is C11H14N2O2S. The monoisotopic (exact) mass is 238 g/mol. The number of nitrogen functional groups attached to an aromatic ring is 1. The predicted molar refractivity (Wildman–Crippen MR) is 67.4 cm³/mol. The number of hydrogen-bond donors (Lipinski definition) is 1. The first-order valence-electron chi connectivity index (χ1n) is 4.74. The second kappa shape index (κ2) is 6.17. The molecule has 1 aromatic rings. The lowest BCUT2D eigenvalue weighted by molar-refractivity contribution is -0.109. The van der Waals surface area contributed by atoms with E-state index in [1.807, 2.05) is 6.08 Å². The van der Waals surface area contributed by atoms with Crippen LogP contribution in [0.3, 0.4) is 0 Å². The van der Waals surface area contributed by atoms with E-state index in [1.54, 1.807) is 25.3 Å². The molecule has 0 unspecified atom stereocenters. The van der Waals surface area contributed by atoms with Crippen molar-refractivity contribution in [2.45, 2.75) is 6.92 Å². The second-order valence-corrected chi connectivity index (χ2v) is 4.23. The summed E-state index contributed by atoms with van der Waals surface area (Å²) in [7, 11) is 1.55. The van der Waals surface area contributed by atoms with E-state index in [2.05, 4.69) is 4.98 Å². The molecule has 1 heterocycles. The summed E-state index contributed by atoms with van der Waals surface area (Å²) in [6.45, 7) is 1.54. The van der Waals surface area contributed by atoms with Crippen LogP contribution in [0.15, 0.2) is 18.2 Å². The summed E-state index contributed by atoms with van der Waals surface area (Å²) in [4.78, 5) is 14.9. The van der Waals surface area contributed by atoms with Gasteiger partial charge in [-0.2, -0.15) is 0 Å². The highest BCUT2D eigenvalue weighted by Crippen LogP contribution is 2.16. The van der Waals surface area contributed by atoms with Crippen molar-refractivity contribution in [2.24, 2.45) is 0 Å². The molecule has 1 aromatic heterocycles. The van der Waals surface area contributed by atoms with Gasteiger partial charge in [-0.15, -0.1) is 0 Å². The van der Waals surface area contributed by atoms with Gasteiger partial charge in [-0.1, -0.05) is 17.8 Å². The van der Waals surface area contributed by atoms with Crippen molar-refractivity contribution in [3.63, 3.8) is 0 Å². The molecular weight excluding hydrogens is 224 g/mol. The lowest BCUT2D eigenvalue weighted by atomic mass is 10.3. The molecule has 0 saturated heterocycles. The van der Waals surface area contributed by atoms with Gasteiger partial charge in [0.05, 0.1) is 18.5 Å². The van der Waals surface area contributed by atoms with Gasteiger partial charge in [0.15, 0.2) is 5.12 Å². The van der Waals surface area contributed by atoms with E-state index in [4.69, 9.17) is 10.5 Å². The van der Waals surface area contributed by atoms with Crippen LogP contribution >= 0.6 is 11.8 Å². The number of ether oxygens (including phenoxy) is 1. The van der Waals surface area contributed by atoms with E-state index in [-0.39, 0.29) is 5.12 Å². The summed E-state index contributed by atoms with van der Waals surface area (Å²) in [6.07, 6.45) is 3.64. The Balaban J connectivity index is 2.68. The molecule has 2 N–H and O–H groups in total. The maximum Gasteiger partial charge on any atom is 0.213 e. The number of nitrogens with zero attached hydrogens (tertiary/aromatic N) is 1. The summed E-state index contributed by atoms with van der Waals surface area (Å²) < 4.78 is 4.99. The molecule has 0 saturated carbocycles. The van der Waals surface area contributed by atoms with E-state index in [9.17, 15) is 4.79 Å². The molecule has 0 fully saturated rings. The van der Waals surface area contributed by atoms with Gasteiger partial charge in [-0.05, 0) is 12.1 Å². The summed E-state index contributed by atoms with van der Waals surface area (Å²) in [5, 5.41) is 0.0937. The first kappa shape index (κ1) is 12.6. The second-order valence-electron chi connectivity index (χ2n) is 3.03. The van der Waals surface area contributed by atoms with Crippen LogP contribution in [0.25, 0.3) is 6.08 Å². The van der Waals surface area contributed by atoms with Gasteiger partial charge in [0.1, 0.15) is 0 Å². The molecule has 1 rings (SSSR count). The topological polar surface area (TPSA) is 65.2 Å². The van der Waals surface area contributed by atoms with Crippen LogP contribution in [-0.2, 0) is 4.79 Å². The summed E-state index contributed by atoms with van der Waals surface area (Å²) in [5.74, 6) is 1.14. The Bertz CT molecular complexity index is 405. The molecule has 0 aromatic carbocycles. The van der Waals surface area contributed by atoms with Crippen LogP contribution in [0.4, 0.5) is 5.69 Å². The van der Waals surface area contributed by atoms with Crippen molar-refractivity contribution in [2.75, 3.05) is 18.6 Å². The number of aromatic nitrogens is 1. The maximum atomic E-state index is 10.7. The number of methoxy groups -OCH3 is 1. The molecule has 0 aliphatic rings. The Labute approximate surface area is 98.9 Å². The zero-order chi connectivity index (χ0) is 12.0. The van der Waals surface area contributed by atoms with Gasteiger partial charge in [0, 0.05) is 18.7 Å². The van der Waals surface area contributed by atoms with E-state index < -0.39 is 0 Å². The molecule has 16 heavy (non-hydrogen) atoms. The van der Waals surface area contributed by atoms with Crippen molar-refractivity contribution < 1.29 is 9.53 Å². The smallest absolute Gasteiger partial charge is 0.213 e. The highest BCUT2D eigenvalue weighted by molar-refractivity contribution is 8.13. The average molecular weight is 238 g/mol. The van der Waals surface area contributed by atoms with Gasteiger partial charge >= 0.3 is 0 Å². The molecule has 4 nitrogen and oxygen atoms in total. The van der Waals surface area contributed by atoms with Gasteiger partial charge in [-0.25, -0.2) is 4.98 Å². The van der Waals surface area contributed by atoms with E-state index in [1.165, 1.54) is 18.7 Å². The summed E-state index contributed by atoms with van der Waals surface area (Å²) in [5.41, 5.74) is 6.99. The van der Waals surface area contributed by atoms with Crippen LogP contribution in [0.1, 0.15) is 12.6 Å². The molecule has 0 aliphatic heterocycles. The molecule has 0 bridgehead atoms. The third-order valence-electron chi connectivity index (χ3n) is 1.80. The molecule has 5 heteroatoms. The normalized spacial score (nSPS) is 10.6. The fourth-order valence-corrected chi connectivity index (χ4v) is 1.47. The SMILES string of the molecule is COc1ccc(N)c(C=CCSC(C)=O)n1. The number of carbonyl (C=O) groups is 1. The first-order chi connectivity index (χ1) is 7.63. The molecule has 86 valence electrons. The number of pyridine rings is 1. The fourth-order valence-electron chi connectivity index (χ4n) is 1.04. The van der Waals surface area contributed by atoms with Crippen molar-refractivity contribution in [1.29, 1.82) is 0 Å². The Morgan fingerprint density at radius 1 is 1.62 bits per heavy atom. The lowest BCUT2D eigenvalue weighted by Crippen LogP contribution is -1.95. The fraction of sp³-hybridized carbons (Fsp3) is 0.273. The Morgan fingerprint density at radius 3 is 3.00 bits per heavy atom. The number of carbonyl (C=O) groups excluding carboxylic acids is 1. The predicted octanol–water partition coefficient (Wildman–Crippen LogP) is 1.97. The first-order valence-corrected chi connectivity index (χ1v) is 5.72. The van der Waals surface area contributed by atoms with E-state index in [0.29, 0.717) is 23.0 Å². The minimum Gasteiger partial charge on any atom is -0.481 e. The van der Waals surface area contributed by atoms with Gasteiger partial charge in [-0.3, -0.25) is 4.79 Å².